The van der Waals surface area contributed by atoms with Gasteiger partial charge in [-0.1, -0.05) is 27.7 Å². The molecule has 2 heterocycles. The topological polar surface area (TPSA) is 65.1 Å². The molecule has 0 radical (unpaired) electrons. The lowest BCUT2D eigenvalue weighted by atomic mass is 10.2. The quantitative estimate of drug-likeness (QED) is 0.382. The van der Waals surface area contributed by atoms with Gasteiger partial charge in [0, 0.05) is 11.5 Å². The van der Waals surface area contributed by atoms with Crippen LogP contribution in [-0.2, 0) is 7.05 Å². The van der Waals surface area contributed by atoms with Crippen LogP contribution in [0.4, 0.5) is 0 Å². The van der Waals surface area contributed by atoms with E-state index in [2.05, 4.69) is 20.9 Å². The zero-order valence-corrected chi connectivity index (χ0v) is 13.0. The molecule has 102 valence electrons. The maximum absolute atomic E-state index is 12.5. The van der Waals surface area contributed by atoms with Crippen molar-refractivity contribution in [2.45, 2.75) is 5.16 Å². The van der Waals surface area contributed by atoms with E-state index in [9.17, 15) is 9.59 Å². The van der Waals surface area contributed by atoms with E-state index in [1.54, 1.807) is 25.2 Å². The predicted molar refractivity (Wildman–Crippen MR) is 82.5 cm³/mol. The van der Waals surface area contributed by atoms with Crippen molar-refractivity contribution < 1.29 is 4.42 Å². The first-order valence-corrected chi connectivity index (χ1v) is 7.72. The highest BCUT2D eigenvalue weighted by Crippen LogP contribution is 2.21. The SMILES string of the molecule is CSc1nc2oc3ccc(Br)cc3c(=O)c2c(=O)n1C. The van der Waals surface area contributed by atoms with E-state index in [0.29, 0.717) is 16.1 Å². The highest BCUT2D eigenvalue weighted by atomic mass is 79.9. The van der Waals surface area contributed by atoms with E-state index in [4.69, 9.17) is 4.42 Å². The first kappa shape index (κ1) is 13.4. The highest BCUT2D eigenvalue weighted by molar-refractivity contribution is 9.10. The Morgan fingerprint density at radius 2 is 2.10 bits per heavy atom. The average molecular weight is 353 g/mol. The number of thioether (sulfide) groups is 1. The molecule has 0 bridgehead atoms. The second-order valence-corrected chi connectivity index (χ2v) is 5.90. The summed E-state index contributed by atoms with van der Waals surface area (Å²) in [4.78, 5) is 29.0. The summed E-state index contributed by atoms with van der Waals surface area (Å²) < 4.78 is 7.71. The Balaban J connectivity index is 2.61. The molecule has 0 saturated carbocycles. The lowest BCUT2D eigenvalue weighted by molar-refractivity contribution is 0.617. The van der Waals surface area contributed by atoms with Gasteiger partial charge in [-0.2, -0.15) is 4.98 Å². The van der Waals surface area contributed by atoms with Crippen LogP contribution in [0.1, 0.15) is 0 Å². The van der Waals surface area contributed by atoms with Crippen LogP contribution in [0.5, 0.6) is 0 Å². The third-order valence-corrected chi connectivity index (χ3v) is 4.24. The van der Waals surface area contributed by atoms with Crippen molar-refractivity contribution in [1.29, 1.82) is 0 Å². The van der Waals surface area contributed by atoms with Gasteiger partial charge in [0.2, 0.25) is 11.1 Å². The molecule has 2 aromatic heterocycles. The predicted octanol–water partition coefficient (Wildman–Crippen LogP) is 2.52. The molecular formula is C13H9BrN2O3S. The van der Waals surface area contributed by atoms with Crippen molar-refractivity contribution in [1.82, 2.24) is 9.55 Å². The number of nitrogens with zero attached hydrogens (tertiary/aromatic N) is 2. The van der Waals surface area contributed by atoms with Crippen LogP contribution < -0.4 is 11.0 Å². The van der Waals surface area contributed by atoms with Crippen LogP contribution in [0.2, 0.25) is 0 Å². The molecule has 5 nitrogen and oxygen atoms in total. The molecule has 0 aliphatic heterocycles. The van der Waals surface area contributed by atoms with Crippen LogP contribution in [-0.4, -0.2) is 15.8 Å². The van der Waals surface area contributed by atoms with Crippen molar-refractivity contribution in [2.75, 3.05) is 6.26 Å². The number of halogens is 1. The van der Waals surface area contributed by atoms with Crippen molar-refractivity contribution in [3.8, 4) is 0 Å². The van der Waals surface area contributed by atoms with Gasteiger partial charge in [-0.25, -0.2) is 0 Å². The number of rotatable bonds is 1. The first-order valence-electron chi connectivity index (χ1n) is 5.70. The fraction of sp³-hybridized carbons (Fsp3) is 0.154. The summed E-state index contributed by atoms with van der Waals surface area (Å²) in [6.07, 6.45) is 1.81. The zero-order valence-electron chi connectivity index (χ0n) is 10.6. The molecule has 0 unspecified atom stereocenters. The lowest BCUT2D eigenvalue weighted by Gasteiger charge is -2.06. The molecular weight excluding hydrogens is 344 g/mol. The molecule has 7 heteroatoms. The number of aromatic nitrogens is 2. The zero-order chi connectivity index (χ0) is 14.4. The molecule has 0 amide bonds. The molecule has 1 aromatic carbocycles. The summed E-state index contributed by atoms with van der Waals surface area (Å²) >= 11 is 4.62. The number of fused-ring (bicyclic) bond motifs is 2. The van der Waals surface area contributed by atoms with E-state index >= 15 is 0 Å². The molecule has 0 aliphatic rings. The summed E-state index contributed by atoms with van der Waals surface area (Å²) in [6, 6.07) is 5.09. The second kappa shape index (κ2) is 4.75. The molecule has 0 saturated heterocycles. The summed E-state index contributed by atoms with van der Waals surface area (Å²) in [5.74, 6) is 0. The average Bonchev–Trinajstić information content (AvgIpc) is 2.43. The Hall–Kier alpha value is -1.60. The molecule has 20 heavy (non-hydrogen) atoms. The molecule has 3 aromatic rings. The van der Waals surface area contributed by atoms with Gasteiger partial charge in [0.1, 0.15) is 5.58 Å². The van der Waals surface area contributed by atoms with Gasteiger partial charge in [0.15, 0.2) is 10.5 Å². The number of benzene rings is 1. The molecule has 0 fully saturated rings. The van der Waals surface area contributed by atoms with Crippen molar-refractivity contribution in [3.63, 3.8) is 0 Å². The Morgan fingerprint density at radius 3 is 2.80 bits per heavy atom. The molecule has 0 atom stereocenters. The largest absolute Gasteiger partial charge is 0.437 e. The van der Waals surface area contributed by atoms with Gasteiger partial charge in [0.05, 0.1) is 5.39 Å². The minimum absolute atomic E-state index is 0.0177. The Labute approximate surface area is 125 Å². The van der Waals surface area contributed by atoms with E-state index < -0.39 is 5.56 Å². The van der Waals surface area contributed by atoms with Gasteiger partial charge in [0.25, 0.3) is 5.56 Å². The first-order chi connectivity index (χ1) is 9.52. The van der Waals surface area contributed by atoms with Gasteiger partial charge >= 0.3 is 0 Å². The van der Waals surface area contributed by atoms with Crippen molar-refractivity contribution in [2.24, 2.45) is 7.05 Å². The molecule has 0 aliphatic carbocycles. The Bertz CT molecular complexity index is 962. The summed E-state index contributed by atoms with van der Waals surface area (Å²) in [5.41, 5.74) is -0.256. The maximum atomic E-state index is 12.5. The van der Waals surface area contributed by atoms with Crippen molar-refractivity contribution in [3.05, 3.63) is 43.2 Å². The van der Waals surface area contributed by atoms with Crippen LogP contribution in [0.3, 0.4) is 0 Å². The van der Waals surface area contributed by atoms with E-state index in [0.717, 1.165) is 4.47 Å². The molecule has 0 spiro atoms. The maximum Gasteiger partial charge on any atom is 0.269 e. The smallest absolute Gasteiger partial charge is 0.269 e. The summed E-state index contributed by atoms with van der Waals surface area (Å²) in [6.45, 7) is 0. The van der Waals surface area contributed by atoms with Gasteiger partial charge in [-0.15, -0.1) is 0 Å². The van der Waals surface area contributed by atoms with Gasteiger partial charge in [-0.3, -0.25) is 14.2 Å². The number of hydrogen-bond acceptors (Lipinski definition) is 5. The van der Waals surface area contributed by atoms with E-state index in [1.165, 1.54) is 16.3 Å². The normalized spacial score (nSPS) is 11.3. The van der Waals surface area contributed by atoms with Gasteiger partial charge in [-0.05, 0) is 24.5 Å². The minimum atomic E-state index is -0.394. The summed E-state index contributed by atoms with van der Waals surface area (Å²) in [7, 11) is 1.59. The lowest BCUT2D eigenvalue weighted by Crippen LogP contribution is -2.25. The molecule has 3 rings (SSSR count). The standard InChI is InChI=1S/C13H9BrN2O3S/c1-16-12(18)9-10(17)7-5-6(14)3-4-8(7)19-11(9)15-13(16)20-2/h3-5H,1-2H3. The van der Waals surface area contributed by atoms with Crippen LogP contribution in [0.25, 0.3) is 22.1 Å². The monoisotopic (exact) mass is 352 g/mol. The van der Waals surface area contributed by atoms with Gasteiger partial charge < -0.3 is 4.42 Å². The van der Waals surface area contributed by atoms with Crippen LogP contribution >= 0.6 is 27.7 Å². The number of hydrogen-bond donors (Lipinski definition) is 0. The second-order valence-electron chi connectivity index (χ2n) is 4.21. The van der Waals surface area contributed by atoms with Crippen LogP contribution in [0, 0.1) is 0 Å². The molecule has 0 N–H and O–H groups in total. The fourth-order valence-corrected chi connectivity index (χ4v) is 2.91. The Morgan fingerprint density at radius 1 is 1.35 bits per heavy atom. The van der Waals surface area contributed by atoms with Crippen molar-refractivity contribution >= 4 is 49.8 Å². The third kappa shape index (κ3) is 1.89. The van der Waals surface area contributed by atoms with E-state index in [1.807, 2.05) is 6.26 Å². The van der Waals surface area contributed by atoms with E-state index in [-0.39, 0.29) is 16.5 Å². The summed E-state index contributed by atoms with van der Waals surface area (Å²) in [5, 5.41) is 0.848. The van der Waals surface area contributed by atoms with Crippen LogP contribution in [0.15, 0.2) is 41.8 Å². The third-order valence-electron chi connectivity index (χ3n) is 3.02. The Kier molecular flexibility index (Phi) is 3.18. The highest BCUT2D eigenvalue weighted by Gasteiger charge is 2.15. The minimum Gasteiger partial charge on any atom is -0.437 e. The fourth-order valence-electron chi connectivity index (χ4n) is 2.02.